The lowest BCUT2D eigenvalue weighted by atomic mass is 10.2. The summed E-state index contributed by atoms with van der Waals surface area (Å²) in [5.41, 5.74) is 1.39. The third-order valence-electron chi connectivity index (χ3n) is 5.22. The van der Waals surface area contributed by atoms with E-state index in [1.165, 1.54) is 36.0 Å². The molecule has 0 unspecified atom stereocenters. The Morgan fingerprint density at radius 1 is 1.16 bits per heavy atom. The molecule has 1 amide bonds. The second kappa shape index (κ2) is 9.17. The summed E-state index contributed by atoms with van der Waals surface area (Å²) in [6, 6.07) is 11.3. The molecule has 3 heterocycles. The Bertz CT molecular complexity index is 1120. The fourth-order valence-corrected chi connectivity index (χ4v) is 4.41. The zero-order valence-electron chi connectivity index (χ0n) is 17.1. The molecule has 3 aromatic rings. The predicted molar refractivity (Wildman–Crippen MR) is 116 cm³/mol. The number of benzene rings is 2. The van der Waals surface area contributed by atoms with E-state index < -0.39 is 0 Å². The third kappa shape index (κ3) is 4.56. The van der Waals surface area contributed by atoms with E-state index in [1.807, 2.05) is 22.8 Å². The number of hydrogen-bond donors (Lipinski definition) is 1. The van der Waals surface area contributed by atoms with E-state index in [0.717, 1.165) is 25.0 Å². The number of thioether (sulfide) groups is 1. The normalized spacial score (nSPS) is 17.0. The van der Waals surface area contributed by atoms with Gasteiger partial charge >= 0.3 is 0 Å². The van der Waals surface area contributed by atoms with Crippen LogP contribution < -0.4 is 14.8 Å². The van der Waals surface area contributed by atoms with Crippen molar-refractivity contribution in [2.75, 3.05) is 24.5 Å². The summed E-state index contributed by atoms with van der Waals surface area (Å²) < 4.78 is 31.8. The predicted octanol–water partition coefficient (Wildman–Crippen LogP) is 3.72. The quantitative estimate of drug-likeness (QED) is 0.542. The zero-order chi connectivity index (χ0) is 21.9. The minimum absolute atomic E-state index is 0.0751. The molecular weight excluding hydrogens is 435 g/mol. The minimum Gasteiger partial charge on any atom is -0.454 e. The lowest BCUT2D eigenvalue weighted by Crippen LogP contribution is -2.18. The van der Waals surface area contributed by atoms with Gasteiger partial charge < -0.3 is 19.5 Å². The van der Waals surface area contributed by atoms with E-state index in [-0.39, 0.29) is 30.4 Å². The number of anilines is 1. The van der Waals surface area contributed by atoms with Gasteiger partial charge in [0.15, 0.2) is 22.5 Å². The van der Waals surface area contributed by atoms with Gasteiger partial charge in [0.2, 0.25) is 12.7 Å². The first-order chi connectivity index (χ1) is 15.7. The number of hydrogen-bond acceptors (Lipinski definition) is 7. The number of fused-ring (bicyclic) bond motifs is 1. The average Bonchev–Trinajstić information content (AvgIpc) is 3.55. The van der Waals surface area contributed by atoms with Crippen LogP contribution in [0, 0.1) is 5.82 Å². The summed E-state index contributed by atoms with van der Waals surface area (Å²) in [5, 5.41) is 12.1. The highest BCUT2D eigenvalue weighted by Crippen LogP contribution is 2.36. The second-order valence-corrected chi connectivity index (χ2v) is 8.41. The summed E-state index contributed by atoms with van der Waals surface area (Å²) >= 11 is 1.29. The van der Waals surface area contributed by atoms with Crippen LogP contribution in [0.25, 0.3) is 11.4 Å². The number of carbonyl (C=O) groups is 1. The molecule has 2 aromatic carbocycles. The van der Waals surface area contributed by atoms with E-state index in [2.05, 4.69) is 15.5 Å². The maximum Gasteiger partial charge on any atom is 0.234 e. The number of ether oxygens (including phenoxy) is 3. The van der Waals surface area contributed by atoms with E-state index in [0.29, 0.717) is 34.7 Å². The Kier molecular flexibility index (Phi) is 5.95. The van der Waals surface area contributed by atoms with Crippen molar-refractivity contribution in [3.8, 4) is 22.9 Å². The van der Waals surface area contributed by atoms with E-state index in [9.17, 15) is 9.18 Å². The molecule has 2 aliphatic heterocycles. The summed E-state index contributed by atoms with van der Waals surface area (Å²) in [7, 11) is 0. The van der Waals surface area contributed by atoms with Crippen molar-refractivity contribution in [1.82, 2.24) is 14.8 Å². The molecule has 1 atom stereocenters. The number of carbonyl (C=O) groups excluding carboxylic acids is 1. The fourth-order valence-electron chi connectivity index (χ4n) is 3.66. The van der Waals surface area contributed by atoms with Gasteiger partial charge in [0.1, 0.15) is 5.82 Å². The van der Waals surface area contributed by atoms with Gasteiger partial charge in [0, 0.05) is 17.9 Å². The second-order valence-electron chi connectivity index (χ2n) is 7.46. The van der Waals surface area contributed by atoms with Crippen molar-refractivity contribution >= 4 is 23.4 Å². The van der Waals surface area contributed by atoms with Crippen LogP contribution in [-0.2, 0) is 16.1 Å². The highest BCUT2D eigenvalue weighted by Gasteiger charge is 2.23. The Morgan fingerprint density at radius 3 is 2.81 bits per heavy atom. The maximum absolute atomic E-state index is 13.1. The maximum atomic E-state index is 13.1. The molecule has 1 fully saturated rings. The molecule has 0 spiro atoms. The number of nitrogens with zero attached hydrogens (tertiary/aromatic N) is 3. The first-order valence-electron chi connectivity index (χ1n) is 10.3. The van der Waals surface area contributed by atoms with E-state index in [1.54, 1.807) is 0 Å². The van der Waals surface area contributed by atoms with Crippen LogP contribution in [0.15, 0.2) is 47.6 Å². The molecule has 32 heavy (non-hydrogen) atoms. The van der Waals surface area contributed by atoms with Crippen LogP contribution in [0.5, 0.6) is 11.5 Å². The first kappa shape index (κ1) is 20.8. The van der Waals surface area contributed by atoms with Crippen LogP contribution in [0.4, 0.5) is 10.1 Å². The standard InChI is InChI=1S/C22H21FN4O4S/c23-15-4-6-16(7-5-15)24-20(28)12-32-22-26-25-21(27(22)11-17-2-1-9-29-17)14-3-8-18-19(10-14)31-13-30-18/h3-8,10,17H,1-2,9,11-13H2,(H,24,28)/t17-/m0/s1. The smallest absolute Gasteiger partial charge is 0.234 e. The number of halogens is 1. The summed E-state index contributed by atoms with van der Waals surface area (Å²) in [5.74, 6) is 1.63. The summed E-state index contributed by atoms with van der Waals surface area (Å²) in [4.78, 5) is 12.4. The first-order valence-corrected chi connectivity index (χ1v) is 11.3. The van der Waals surface area contributed by atoms with Crippen LogP contribution in [0.2, 0.25) is 0 Å². The molecule has 166 valence electrons. The zero-order valence-corrected chi connectivity index (χ0v) is 17.9. The van der Waals surface area contributed by atoms with Gasteiger partial charge in [-0.15, -0.1) is 10.2 Å². The van der Waals surface area contributed by atoms with Gasteiger partial charge in [-0.25, -0.2) is 4.39 Å². The lowest BCUT2D eigenvalue weighted by Gasteiger charge is -2.15. The molecule has 1 aromatic heterocycles. The van der Waals surface area contributed by atoms with Crippen molar-refractivity contribution in [2.45, 2.75) is 30.6 Å². The molecule has 2 aliphatic rings. The Labute approximate surface area is 188 Å². The number of amides is 1. The SMILES string of the molecule is O=C(CSc1nnc(-c2ccc3c(c2)OCO3)n1C[C@@H]1CCCO1)Nc1ccc(F)cc1. The summed E-state index contributed by atoms with van der Waals surface area (Å²) in [6.07, 6.45) is 2.06. The van der Waals surface area contributed by atoms with Gasteiger partial charge in [-0.2, -0.15) is 0 Å². The Morgan fingerprint density at radius 2 is 2.00 bits per heavy atom. The summed E-state index contributed by atoms with van der Waals surface area (Å²) in [6.45, 7) is 1.54. The van der Waals surface area contributed by atoms with Gasteiger partial charge in [-0.1, -0.05) is 11.8 Å². The van der Waals surface area contributed by atoms with Crippen molar-refractivity contribution in [3.63, 3.8) is 0 Å². The molecule has 1 saturated heterocycles. The van der Waals surface area contributed by atoms with Crippen molar-refractivity contribution in [2.24, 2.45) is 0 Å². The molecule has 5 rings (SSSR count). The van der Waals surface area contributed by atoms with Gasteiger partial charge in [0.05, 0.1) is 18.4 Å². The van der Waals surface area contributed by atoms with E-state index >= 15 is 0 Å². The Hall–Kier alpha value is -3.11. The topological polar surface area (TPSA) is 87.5 Å². The highest BCUT2D eigenvalue weighted by molar-refractivity contribution is 7.99. The molecular formula is C22H21FN4O4S. The van der Waals surface area contributed by atoms with Crippen LogP contribution >= 0.6 is 11.8 Å². The van der Waals surface area contributed by atoms with Crippen molar-refractivity contribution in [3.05, 3.63) is 48.3 Å². The van der Waals surface area contributed by atoms with Gasteiger partial charge in [-0.05, 0) is 55.3 Å². The van der Waals surface area contributed by atoms with Crippen LogP contribution in [-0.4, -0.2) is 45.9 Å². The minimum atomic E-state index is -0.351. The Balaban J connectivity index is 1.34. The van der Waals surface area contributed by atoms with E-state index in [4.69, 9.17) is 14.2 Å². The van der Waals surface area contributed by atoms with Crippen molar-refractivity contribution in [1.29, 1.82) is 0 Å². The van der Waals surface area contributed by atoms with Gasteiger partial charge in [0.25, 0.3) is 0 Å². The average molecular weight is 456 g/mol. The van der Waals surface area contributed by atoms with Crippen LogP contribution in [0.3, 0.4) is 0 Å². The largest absolute Gasteiger partial charge is 0.454 e. The molecule has 0 radical (unpaired) electrons. The molecule has 1 N–H and O–H groups in total. The molecule has 0 saturated carbocycles. The number of rotatable bonds is 7. The van der Waals surface area contributed by atoms with Crippen molar-refractivity contribution < 1.29 is 23.4 Å². The van der Waals surface area contributed by atoms with Gasteiger partial charge in [-0.3, -0.25) is 9.36 Å². The number of nitrogens with one attached hydrogen (secondary N) is 1. The van der Waals surface area contributed by atoms with Crippen LogP contribution in [0.1, 0.15) is 12.8 Å². The molecule has 10 heteroatoms. The lowest BCUT2D eigenvalue weighted by molar-refractivity contribution is -0.113. The highest BCUT2D eigenvalue weighted by atomic mass is 32.2. The number of aromatic nitrogens is 3. The fraction of sp³-hybridized carbons (Fsp3) is 0.318. The molecule has 8 nitrogen and oxygen atoms in total. The molecule has 0 aliphatic carbocycles. The third-order valence-corrected chi connectivity index (χ3v) is 6.18. The monoisotopic (exact) mass is 456 g/mol. The molecule has 0 bridgehead atoms.